The maximum Gasteiger partial charge on any atom is 0.280 e. The standard InChI is InChI=1S/C26H20F4N6O3S/c1-12-6-13(14-7-18(23(29)30)32-9-20(14)39-2)15(8-31-12)24(37)35-26-34-19-10-36(11-21(19)40-26)25(38)17-5-3-4-16(33-17)22(27)28/h3-9,22-23H,10-11H2,1-2H3,(H,34,35,37). The molecule has 0 unspecified atom stereocenters. The highest BCUT2D eigenvalue weighted by Crippen LogP contribution is 2.36. The minimum atomic E-state index is -2.82. The van der Waals surface area contributed by atoms with E-state index in [1.807, 2.05) is 0 Å². The molecule has 0 fully saturated rings. The van der Waals surface area contributed by atoms with Crippen LogP contribution in [0.3, 0.4) is 0 Å². The summed E-state index contributed by atoms with van der Waals surface area (Å²) in [5.74, 6) is -0.882. The molecule has 14 heteroatoms. The first-order valence-corrected chi connectivity index (χ1v) is 12.6. The van der Waals surface area contributed by atoms with Gasteiger partial charge in [0.05, 0.1) is 42.5 Å². The van der Waals surface area contributed by atoms with Gasteiger partial charge in [0.15, 0.2) is 5.13 Å². The number of ether oxygens (including phenoxy) is 1. The van der Waals surface area contributed by atoms with Crippen LogP contribution < -0.4 is 10.1 Å². The topological polar surface area (TPSA) is 110 Å². The van der Waals surface area contributed by atoms with E-state index in [9.17, 15) is 27.2 Å². The van der Waals surface area contributed by atoms with E-state index in [1.54, 1.807) is 13.0 Å². The fourth-order valence-corrected chi connectivity index (χ4v) is 5.15. The third-order valence-electron chi connectivity index (χ3n) is 6.08. The zero-order valence-corrected chi connectivity index (χ0v) is 21.8. The number of hydrogen-bond donors (Lipinski definition) is 1. The van der Waals surface area contributed by atoms with Crippen molar-refractivity contribution in [2.75, 3.05) is 12.4 Å². The average Bonchev–Trinajstić information content (AvgIpc) is 3.51. The lowest BCUT2D eigenvalue weighted by Crippen LogP contribution is -2.26. The molecule has 0 bridgehead atoms. The van der Waals surface area contributed by atoms with Crippen LogP contribution >= 0.6 is 11.3 Å². The number of nitrogens with one attached hydrogen (secondary N) is 1. The van der Waals surface area contributed by atoms with Crippen LogP contribution in [0, 0.1) is 6.92 Å². The predicted octanol–water partition coefficient (Wildman–Crippen LogP) is 5.60. The Morgan fingerprint density at radius 2 is 1.77 bits per heavy atom. The monoisotopic (exact) mass is 572 g/mol. The molecule has 5 heterocycles. The highest BCUT2D eigenvalue weighted by Gasteiger charge is 2.30. The molecule has 40 heavy (non-hydrogen) atoms. The number of anilines is 1. The van der Waals surface area contributed by atoms with Gasteiger partial charge in [0, 0.05) is 23.0 Å². The molecule has 0 spiro atoms. The molecular weight excluding hydrogens is 552 g/mol. The third kappa shape index (κ3) is 5.34. The second-order valence-corrected chi connectivity index (χ2v) is 9.82. The Bertz CT molecular complexity index is 1590. The number of aryl methyl sites for hydroxylation is 1. The first-order chi connectivity index (χ1) is 19.1. The molecule has 2 amide bonds. The molecule has 0 saturated carbocycles. The quantitative estimate of drug-likeness (QED) is 0.287. The van der Waals surface area contributed by atoms with E-state index in [-0.39, 0.29) is 40.8 Å². The minimum Gasteiger partial charge on any atom is -0.494 e. The van der Waals surface area contributed by atoms with Gasteiger partial charge >= 0.3 is 0 Å². The van der Waals surface area contributed by atoms with Crippen molar-refractivity contribution in [3.8, 4) is 16.9 Å². The van der Waals surface area contributed by atoms with Gasteiger partial charge < -0.3 is 9.64 Å². The lowest BCUT2D eigenvalue weighted by molar-refractivity contribution is 0.0742. The molecule has 1 N–H and O–H groups in total. The summed E-state index contributed by atoms with van der Waals surface area (Å²) in [4.78, 5) is 44.3. The van der Waals surface area contributed by atoms with Crippen molar-refractivity contribution in [1.29, 1.82) is 0 Å². The third-order valence-corrected chi connectivity index (χ3v) is 7.08. The van der Waals surface area contributed by atoms with Gasteiger partial charge in [0.2, 0.25) is 0 Å². The van der Waals surface area contributed by atoms with E-state index in [0.717, 1.165) is 17.4 Å². The van der Waals surface area contributed by atoms with Gasteiger partial charge in [-0.15, -0.1) is 0 Å². The first-order valence-electron chi connectivity index (χ1n) is 11.8. The second-order valence-electron chi connectivity index (χ2n) is 8.73. The smallest absolute Gasteiger partial charge is 0.280 e. The molecular formula is C26H20F4N6O3S. The molecule has 0 saturated heterocycles. The number of carbonyl (C=O) groups excluding carboxylic acids is 2. The summed E-state index contributed by atoms with van der Waals surface area (Å²) in [7, 11) is 1.37. The average molecular weight is 573 g/mol. The Labute approximate surface area is 228 Å². The minimum absolute atomic E-state index is 0.0950. The Morgan fingerprint density at radius 1 is 1.00 bits per heavy atom. The van der Waals surface area contributed by atoms with E-state index < -0.39 is 36.1 Å². The van der Waals surface area contributed by atoms with Gasteiger partial charge in [0.25, 0.3) is 24.7 Å². The Kier molecular flexibility index (Phi) is 7.43. The zero-order valence-electron chi connectivity index (χ0n) is 21.0. The summed E-state index contributed by atoms with van der Waals surface area (Å²) in [6, 6.07) is 6.63. The number of methoxy groups -OCH3 is 1. The van der Waals surface area contributed by atoms with Crippen LogP contribution in [0.4, 0.5) is 22.7 Å². The highest BCUT2D eigenvalue weighted by atomic mass is 32.1. The number of fused-ring (bicyclic) bond motifs is 1. The molecule has 5 rings (SSSR count). The lowest BCUT2D eigenvalue weighted by Gasteiger charge is -2.15. The van der Waals surface area contributed by atoms with Gasteiger partial charge in [0.1, 0.15) is 22.8 Å². The Morgan fingerprint density at radius 3 is 2.48 bits per heavy atom. The zero-order chi connectivity index (χ0) is 28.6. The van der Waals surface area contributed by atoms with E-state index in [4.69, 9.17) is 4.74 Å². The fraction of sp³-hybridized carbons (Fsp3) is 0.231. The summed E-state index contributed by atoms with van der Waals surface area (Å²) in [6.45, 7) is 1.98. The fourth-order valence-electron chi connectivity index (χ4n) is 4.17. The number of pyridine rings is 3. The molecule has 9 nitrogen and oxygen atoms in total. The number of aromatic nitrogens is 4. The number of amides is 2. The molecule has 1 aliphatic rings. The van der Waals surface area contributed by atoms with Crippen molar-refractivity contribution < 1.29 is 31.9 Å². The SMILES string of the molecule is COc1cnc(C(F)F)cc1-c1cc(C)ncc1C(=O)Nc1nc2c(s1)CN(C(=O)c1cccc(C(F)F)n1)C2. The van der Waals surface area contributed by atoms with E-state index >= 15 is 0 Å². The molecule has 1 aliphatic heterocycles. The number of halogens is 4. The van der Waals surface area contributed by atoms with E-state index in [0.29, 0.717) is 21.8 Å². The molecule has 0 aromatic carbocycles. The summed E-state index contributed by atoms with van der Waals surface area (Å²) in [5, 5.41) is 2.98. The van der Waals surface area contributed by atoms with Gasteiger partial charge in [-0.3, -0.25) is 24.9 Å². The molecule has 4 aromatic rings. The van der Waals surface area contributed by atoms with Crippen LogP contribution in [0.5, 0.6) is 5.75 Å². The van der Waals surface area contributed by atoms with Crippen molar-refractivity contribution in [3.05, 3.63) is 81.6 Å². The van der Waals surface area contributed by atoms with Crippen LogP contribution in [0.1, 0.15) is 61.4 Å². The molecule has 0 radical (unpaired) electrons. The molecule has 4 aromatic heterocycles. The number of nitrogens with zero attached hydrogens (tertiary/aromatic N) is 5. The largest absolute Gasteiger partial charge is 0.494 e. The van der Waals surface area contributed by atoms with E-state index in [2.05, 4.69) is 25.3 Å². The van der Waals surface area contributed by atoms with Crippen molar-refractivity contribution in [2.45, 2.75) is 32.9 Å². The number of alkyl halides is 4. The Balaban J connectivity index is 1.36. The number of rotatable bonds is 7. The van der Waals surface area contributed by atoms with Gasteiger partial charge in [-0.1, -0.05) is 17.4 Å². The Hall–Kier alpha value is -4.46. The van der Waals surface area contributed by atoms with Gasteiger partial charge in [-0.05, 0) is 31.2 Å². The van der Waals surface area contributed by atoms with Gasteiger partial charge in [-0.25, -0.2) is 27.5 Å². The van der Waals surface area contributed by atoms with E-state index in [1.165, 1.54) is 42.6 Å². The van der Waals surface area contributed by atoms with Crippen molar-refractivity contribution >= 4 is 28.3 Å². The van der Waals surface area contributed by atoms with Crippen molar-refractivity contribution in [3.63, 3.8) is 0 Å². The maximum absolute atomic E-state index is 13.4. The predicted molar refractivity (Wildman–Crippen MR) is 137 cm³/mol. The highest BCUT2D eigenvalue weighted by molar-refractivity contribution is 7.16. The summed E-state index contributed by atoms with van der Waals surface area (Å²) in [6.07, 6.45) is -3.11. The maximum atomic E-state index is 13.4. The molecule has 0 aliphatic carbocycles. The van der Waals surface area contributed by atoms with Crippen LogP contribution in [-0.4, -0.2) is 43.8 Å². The molecule has 0 atom stereocenters. The van der Waals surface area contributed by atoms with Crippen molar-refractivity contribution in [2.24, 2.45) is 0 Å². The second kappa shape index (κ2) is 11.0. The van der Waals surface area contributed by atoms with Crippen LogP contribution in [0.25, 0.3) is 11.1 Å². The molecule has 206 valence electrons. The number of carbonyl (C=O) groups is 2. The first kappa shape index (κ1) is 27.1. The van der Waals surface area contributed by atoms with Gasteiger partial charge in [-0.2, -0.15) is 0 Å². The summed E-state index contributed by atoms with van der Waals surface area (Å²) < 4.78 is 58.0. The normalized spacial score (nSPS) is 12.7. The summed E-state index contributed by atoms with van der Waals surface area (Å²) >= 11 is 1.16. The van der Waals surface area contributed by atoms with Crippen LogP contribution in [0.15, 0.2) is 42.7 Å². The summed E-state index contributed by atoms with van der Waals surface area (Å²) in [5.41, 5.74) is 0.740. The van der Waals surface area contributed by atoms with Crippen LogP contribution in [-0.2, 0) is 13.1 Å². The number of thiazole rings is 1. The number of hydrogen-bond acceptors (Lipinski definition) is 8. The van der Waals surface area contributed by atoms with Crippen molar-refractivity contribution in [1.82, 2.24) is 24.8 Å². The lowest BCUT2D eigenvalue weighted by atomic mass is 9.99. The van der Waals surface area contributed by atoms with Crippen LogP contribution in [0.2, 0.25) is 0 Å².